The zero-order valence-electron chi connectivity index (χ0n) is 17.6. The fraction of sp³-hybridized carbons (Fsp3) is 0.905. The van der Waals surface area contributed by atoms with E-state index in [4.69, 9.17) is 4.74 Å². The third-order valence-electron chi connectivity index (χ3n) is 4.98. The van der Waals surface area contributed by atoms with Gasteiger partial charge in [-0.2, -0.15) is 0 Å². The molecule has 0 aliphatic carbocycles. The van der Waals surface area contributed by atoms with Gasteiger partial charge >= 0.3 is 0 Å². The fourth-order valence-corrected chi connectivity index (χ4v) is 4.70. The zero-order valence-corrected chi connectivity index (χ0v) is 18.4. The van der Waals surface area contributed by atoms with Crippen LogP contribution in [0.2, 0.25) is 0 Å². The molecular weight excluding hydrogens is 344 g/mol. The van der Waals surface area contributed by atoms with Gasteiger partial charge in [-0.25, -0.2) is 8.51 Å². The van der Waals surface area contributed by atoms with Crippen molar-refractivity contribution in [1.82, 2.24) is 9.21 Å². The Bertz CT molecular complexity index is 443. The molecule has 2 rings (SSSR count). The topological polar surface area (TPSA) is 32.8 Å². The lowest BCUT2D eigenvalue weighted by Crippen LogP contribution is -2.44. The summed E-state index contributed by atoms with van der Waals surface area (Å²) in [6, 6.07) is 0. The normalized spacial score (nSPS) is 21.6. The Balaban J connectivity index is 0.00000163. The van der Waals surface area contributed by atoms with Crippen LogP contribution in [0.1, 0.15) is 66.7 Å². The van der Waals surface area contributed by atoms with E-state index in [1.807, 2.05) is 27.7 Å². The molecule has 2 aliphatic heterocycles. The molecule has 0 aromatic rings. The summed E-state index contributed by atoms with van der Waals surface area (Å²) < 4.78 is 20.2. The van der Waals surface area contributed by atoms with Crippen molar-refractivity contribution in [2.75, 3.05) is 39.3 Å². The SMILES string of the molecule is CC.CCC#CCOC1CCN(CC2CCN(S(=O)C(C)C)CC2)CC1. The lowest BCUT2D eigenvalue weighted by molar-refractivity contribution is 0.0189. The van der Waals surface area contributed by atoms with Gasteiger partial charge in [0.05, 0.1) is 17.1 Å². The first kappa shape index (κ1) is 23.6. The quantitative estimate of drug-likeness (QED) is 0.655. The molecule has 0 aromatic carbocycles. The molecule has 0 bridgehead atoms. The fourth-order valence-electron chi connectivity index (χ4n) is 3.53. The summed E-state index contributed by atoms with van der Waals surface area (Å²) in [7, 11) is -0.798. The van der Waals surface area contributed by atoms with Gasteiger partial charge in [0.2, 0.25) is 0 Å². The van der Waals surface area contributed by atoms with E-state index in [1.54, 1.807) is 0 Å². The van der Waals surface area contributed by atoms with E-state index < -0.39 is 11.0 Å². The second-order valence-electron chi connectivity index (χ2n) is 7.22. The Morgan fingerprint density at radius 3 is 2.19 bits per heavy atom. The first-order chi connectivity index (χ1) is 12.6. The molecule has 0 saturated carbocycles. The van der Waals surface area contributed by atoms with Crippen LogP contribution in [0.15, 0.2) is 0 Å². The van der Waals surface area contributed by atoms with Gasteiger partial charge in [-0.05, 0) is 45.4 Å². The van der Waals surface area contributed by atoms with Crippen LogP contribution in [-0.4, -0.2) is 64.1 Å². The van der Waals surface area contributed by atoms with Crippen molar-refractivity contribution in [2.45, 2.75) is 78.1 Å². The Morgan fingerprint density at radius 1 is 1.04 bits per heavy atom. The molecule has 5 heteroatoms. The molecule has 1 unspecified atom stereocenters. The summed E-state index contributed by atoms with van der Waals surface area (Å²) in [6.45, 7) is 16.2. The number of hydrogen-bond donors (Lipinski definition) is 0. The molecule has 0 N–H and O–H groups in total. The van der Waals surface area contributed by atoms with Crippen LogP contribution in [-0.2, 0) is 15.7 Å². The molecule has 0 aromatic heterocycles. The Morgan fingerprint density at radius 2 is 1.65 bits per heavy atom. The predicted octanol–water partition coefficient (Wildman–Crippen LogP) is 3.69. The maximum absolute atomic E-state index is 12.2. The monoisotopic (exact) mass is 384 g/mol. The molecule has 0 radical (unpaired) electrons. The van der Waals surface area contributed by atoms with Crippen LogP contribution in [0.25, 0.3) is 0 Å². The molecule has 1 atom stereocenters. The van der Waals surface area contributed by atoms with Crippen LogP contribution in [0.5, 0.6) is 0 Å². The average molecular weight is 385 g/mol. The van der Waals surface area contributed by atoms with Gasteiger partial charge in [0, 0.05) is 44.4 Å². The van der Waals surface area contributed by atoms with Crippen molar-refractivity contribution in [3.05, 3.63) is 0 Å². The predicted molar refractivity (Wildman–Crippen MR) is 112 cm³/mol. The highest BCUT2D eigenvalue weighted by atomic mass is 32.2. The highest BCUT2D eigenvalue weighted by Crippen LogP contribution is 2.23. The number of ether oxygens (including phenoxy) is 1. The summed E-state index contributed by atoms with van der Waals surface area (Å²) >= 11 is 0. The minimum Gasteiger partial charge on any atom is -0.365 e. The van der Waals surface area contributed by atoms with Crippen LogP contribution < -0.4 is 0 Å². The van der Waals surface area contributed by atoms with Crippen LogP contribution >= 0.6 is 0 Å². The maximum Gasteiger partial charge on any atom is 0.108 e. The van der Waals surface area contributed by atoms with Crippen molar-refractivity contribution in [1.29, 1.82) is 0 Å². The average Bonchev–Trinajstić information content (AvgIpc) is 2.68. The highest BCUT2D eigenvalue weighted by molar-refractivity contribution is 7.83. The van der Waals surface area contributed by atoms with Crippen molar-refractivity contribution in [3.8, 4) is 11.8 Å². The summed E-state index contributed by atoms with van der Waals surface area (Å²) in [5.74, 6) is 6.89. The Hall–Kier alpha value is -0.410. The van der Waals surface area contributed by atoms with Gasteiger partial charge < -0.3 is 9.64 Å². The summed E-state index contributed by atoms with van der Waals surface area (Å²) in [4.78, 5) is 2.59. The van der Waals surface area contributed by atoms with Gasteiger partial charge in [0.25, 0.3) is 0 Å². The van der Waals surface area contributed by atoms with Crippen molar-refractivity contribution in [2.24, 2.45) is 5.92 Å². The minimum atomic E-state index is -0.798. The molecule has 4 nitrogen and oxygen atoms in total. The molecule has 0 spiro atoms. The van der Waals surface area contributed by atoms with Crippen LogP contribution in [0, 0.1) is 17.8 Å². The van der Waals surface area contributed by atoms with E-state index in [2.05, 4.69) is 28.0 Å². The second kappa shape index (κ2) is 13.7. The first-order valence-electron chi connectivity index (χ1n) is 10.6. The van der Waals surface area contributed by atoms with Gasteiger partial charge in [0.1, 0.15) is 6.61 Å². The molecular formula is C21H40N2O2S. The van der Waals surface area contributed by atoms with Crippen molar-refractivity contribution < 1.29 is 8.95 Å². The van der Waals surface area contributed by atoms with Gasteiger partial charge in [-0.1, -0.05) is 26.7 Å². The number of piperidine rings is 2. The maximum atomic E-state index is 12.2. The van der Waals surface area contributed by atoms with E-state index in [0.717, 1.165) is 51.4 Å². The summed E-state index contributed by atoms with van der Waals surface area (Å²) in [6.07, 6.45) is 5.92. The summed E-state index contributed by atoms with van der Waals surface area (Å²) in [5, 5.41) is 0.239. The molecule has 0 amide bonds. The smallest absolute Gasteiger partial charge is 0.108 e. The van der Waals surface area contributed by atoms with E-state index in [0.29, 0.717) is 12.7 Å². The number of likely N-dealkylation sites (tertiary alicyclic amines) is 1. The number of nitrogens with zero attached hydrogens (tertiary/aromatic N) is 2. The lowest BCUT2D eigenvalue weighted by atomic mass is 9.96. The van der Waals surface area contributed by atoms with Crippen molar-refractivity contribution >= 4 is 11.0 Å². The van der Waals surface area contributed by atoms with E-state index in [1.165, 1.54) is 19.4 Å². The zero-order chi connectivity index (χ0) is 19.4. The highest BCUT2D eigenvalue weighted by Gasteiger charge is 2.27. The third kappa shape index (κ3) is 8.52. The second-order valence-corrected chi connectivity index (χ2v) is 9.23. The standard InChI is InChI=1S/C19H34N2O2S.C2H6/c1-4-5-6-15-23-19-9-11-20(12-10-19)16-18-7-13-21(14-8-18)24(22)17(2)3;1-2/h17-19H,4,7-16H2,1-3H3;1-2H3. The number of hydrogen-bond acceptors (Lipinski definition) is 3. The minimum absolute atomic E-state index is 0.239. The number of rotatable bonds is 6. The van der Waals surface area contributed by atoms with E-state index in [9.17, 15) is 4.21 Å². The lowest BCUT2D eigenvalue weighted by Gasteiger charge is -2.37. The Labute approximate surface area is 164 Å². The van der Waals surface area contributed by atoms with Gasteiger partial charge in [0.15, 0.2) is 0 Å². The third-order valence-corrected chi connectivity index (χ3v) is 6.66. The summed E-state index contributed by atoms with van der Waals surface area (Å²) in [5.41, 5.74) is 0. The first-order valence-corrected chi connectivity index (χ1v) is 11.7. The van der Waals surface area contributed by atoms with Crippen molar-refractivity contribution in [3.63, 3.8) is 0 Å². The van der Waals surface area contributed by atoms with E-state index >= 15 is 0 Å². The molecule has 2 saturated heterocycles. The van der Waals surface area contributed by atoms with Gasteiger partial charge in [-0.15, -0.1) is 5.92 Å². The molecule has 2 fully saturated rings. The Kier molecular flexibility index (Phi) is 12.5. The molecule has 2 aliphatic rings. The molecule has 152 valence electrons. The van der Waals surface area contributed by atoms with E-state index in [-0.39, 0.29) is 5.25 Å². The molecule has 2 heterocycles. The van der Waals surface area contributed by atoms with Crippen LogP contribution in [0.4, 0.5) is 0 Å². The molecule has 26 heavy (non-hydrogen) atoms. The largest absolute Gasteiger partial charge is 0.365 e. The van der Waals surface area contributed by atoms with Gasteiger partial charge in [-0.3, -0.25) is 0 Å². The van der Waals surface area contributed by atoms with Crippen LogP contribution in [0.3, 0.4) is 0 Å².